The molecule has 1 atom stereocenters. The molecule has 5 heteroatoms. The number of ether oxygens (including phenoxy) is 1. The molecular weight excluding hydrogens is 314 g/mol. The lowest BCUT2D eigenvalue weighted by molar-refractivity contribution is -0.121. The van der Waals surface area contributed by atoms with Crippen LogP contribution in [0.15, 0.2) is 48.7 Å². The Hall–Kier alpha value is -2.40. The summed E-state index contributed by atoms with van der Waals surface area (Å²) in [4.78, 5) is 18.8. The Morgan fingerprint density at radius 1 is 1.24 bits per heavy atom. The standard InChI is InChI=1S/C20H25N3O2/c1-2-25-20-9-8-17(13-21-20)14-23-11-10-18(15-23)22-19(24)12-16-6-4-3-5-7-16/h3-9,13,18H,2,10-12,14-15H2,1H3,(H,22,24)/t18-/m1/s1. The minimum atomic E-state index is 0.0979. The summed E-state index contributed by atoms with van der Waals surface area (Å²) >= 11 is 0. The molecule has 0 spiro atoms. The van der Waals surface area contributed by atoms with E-state index in [-0.39, 0.29) is 11.9 Å². The predicted molar refractivity (Wildman–Crippen MR) is 97.4 cm³/mol. The molecule has 1 N–H and O–H groups in total. The van der Waals surface area contributed by atoms with Crippen LogP contribution in [0.25, 0.3) is 0 Å². The number of amides is 1. The molecule has 25 heavy (non-hydrogen) atoms. The summed E-state index contributed by atoms with van der Waals surface area (Å²) in [6, 6.07) is 14.1. The van der Waals surface area contributed by atoms with Crippen molar-refractivity contribution in [3.05, 3.63) is 59.8 Å². The average molecular weight is 339 g/mol. The number of likely N-dealkylation sites (tertiary alicyclic amines) is 1. The summed E-state index contributed by atoms with van der Waals surface area (Å²) in [5.74, 6) is 0.763. The molecule has 1 aliphatic rings. The van der Waals surface area contributed by atoms with Crippen molar-refractivity contribution in [1.29, 1.82) is 0 Å². The van der Waals surface area contributed by atoms with Crippen molar-refractivity contribution < 1.29 is 9.53 Å². The molecule has 0 saturated carbocycles. The van der Waals surface area contributed by atoms with E-state index >= 15 is 0 Å². The molecule has 1 amide bonds. The number of hydrogen-bond acceptors (Lipinski definition) is 4. The third-order valence-electron chi connectivity index (χ3n) is 4.34. The number of pyridine rings is 1. The molecule has 0 radical (unpaired) electrons. The summed E-state index contributed by atoms with van der Waals surface area (Å²) in [5, 5.41) is 3.15. The van der Waals surface area contributed by atoms with E-state index in [1.165, 1.54) is 5.56 Å². The Labute approximate surface area is 149 Å². The van der Waals surface area contributed by atoms with Gasteiger partial charge < -0.3 is 10.1 Å². The van der Waals surface area contributed by atoms with Gasteiger partial charge in [0.25, 0.3) is 0 Å². The van der Waals surface area contributed by atoms with Gasteiger partial charge in [0.2, 0.25) is 11.8 Å². The number of aromatic nitrogens is 1. The number of carbonyl (C=O) groups is 1. The lowest BCUT2D eigenvalue weighted by Crippen LogP contribution is -2.37. The topological polar surface area (TPSA) is 54.5 Å². The maximum atomic E-state index is 12.2. The highest BCUT2D eigenvalue weighted by Crippen LogP contribution is 2.15. The first-order valence-electron chi connectivity index (χ1n) is 8.86. The van der Waals surface area contributed by atoms with Crippen LogP contribution < -0.4 is 10.1 Å². The zero-order chi connectivity index (χ0) is 17.5. The molecule has 0 unspecified atom stereocenters. The Balaban J connectivity index is 1.44. The fourth-order valence-electron chi connectivity index (χ4n) is 3.15. The lowest BCUT2D eigenvalue weighted by Gasteiger charge is -2.17. The van der Waals surface area contributed by atoms with Crippen molar-refractivity contribution >= 4 is 5.91 Å². The third kappa shape index (κ3) is 5.29. The smallest absolute Gasteiger partial charge is 0.224 e. The van der Waals surface area contributed by atoms with Crippen LogP contribution in [-0.4, -0.2) is 41.5 Å². The zero-order valence-corrected chi connectivity index (χ0v) is 14.6. The zero-order valence-electron chi connectivity index (χ0n) is 14.6. The molecule has 3 rings (SSSR count). The number of carbonyl (C=O) groups excluding carboxylic acids is 1. The van der Waals surface area contributed by atoms with Crippen molar-refractivity contribution in [3.8, 4) is 5.88 Å². The van der Waals surface area contributed by atoms with Crippen LogP contribution in [0, 0.1) is 0 Å². The molecule has 2 heterocycles. The quantitative estimate of drug-likeness (QED) is 0.842. The molecule has 1 aromatic carbocycles. The van der Waals surface area contributed by atoms with Crippen LogP contribution in [0.5, 0.6) is 5.88 Å². The van der Waals surface area contributed by atoms with E-state index in [0.29, 0.717) is 18.9 Å². The van der Waals surface area contributed by atoms with Gasteiger partial charge in [-0.1, -0.05) is 36.4 Å². The summed E-state index contributed by atoms with van der Waals surface area (Å²) in [6.07, 6.45) is 3.30. The van der Waals surface area contributed by atoms with Crippen molar-refractivity contribution in [2.24, 2.45) is 0 Å². The maximum Gasteiger partial charge on any atom is 0.224 e. The van der Waals surface area contributed by atoms with Crippen LogP contribution in [0.3, 0.4) is 0 Å². The Morgan fingerprint density at radius 2 is 2.08 bits per heavy atom. The van der Waals surface area contributed by atoms with Gasteiger partial charge in [-0.3, -0.25) is 9.69 Å². The van der Waals surface area contributed by atoms with Gasteiger partial charge in [-0.15, -0.1) is 0 Å². The molecule has 2 aromatic rings. The van der Waals surface area contributed by atoms with E-state index in [9.17, 15) is 4.79 Å². The molecule has 5 nitrogen and oxygen atoms in total. The lowest BCUT2D eigenvalue weighted by atomic mass is 10.1. The molecular formula is C20H25N3O2. The van der Waals surface area contributed by atoms with Gasteiger partial charge in [-0.25, -0.2) is 4.98 Å². The number of nitrogens with one attached hydrogen (secondary N) is 1. The number of benzene rings is 1. The van der Waals surface area contributed by atoms with Gasteiger partial charge in [-0.05, 0) is 24.5 Å². The van der Waals surface area contributed by atoms with E-state index in [2.05, 4.69) is 21.3 Å². The first kappa shape index (κ1) is 17.4. The first-order chi connectivity index (χ1) is 12.2. The predicted octanol–water partition coefficient (Wildman–Crippen LogP) is 2.41. The van der Waals surface area contributed by atoms with Crippen molar-refractivity contribution in [1.82, 2.24) is 15.2 Å². The van der Waals surface area contributed by atoms with Gasteiger partial charge in [0.15, 0.2) is 0 Å². The number of hydrogen-bond donors (Lipinski definition) is 1. The van der Waals surface area contributed by atoms with E-state index in [4.69, 9.17) is 4.74 Å². The van der Waals surface area contributed by atoms with Crippen LogP contribution in [0.2, 0.25) is 0 Å². The van der Waals surface area contributed by atoms with Crippen molar-refractivity contribution in [3.63, 3.8) is 0 Å². The minimum absolute atomic E-state index is 0.0979. The molecule has 1 saturated heterocycles. The molecule has 0 aliphatic carbocycles. The van der Waals surface area contributed by atoms with E-state index in [0.717, 1.165) is 31.6 Å². The fourth-order valence-corrected chi connectivity index (χ4v) is 3.15. The number of nitrogens with zero attached hydrogens (tertiary/aromatic N) is 2. The van der Waals surface area contributed by atoms with Gasteiger partial charge in [0.05, 0.1) is 13.0 Å². The minimum Gasteiger partial charge on any atom is -0.478 e. The third-order valence-corrected chi connectivity index (χ3v) is 4.34. The van der Waals surface area contributed by atoms with Gasteiger partial charge in [0, 0.05) is 37.9 Å². The molecule has 0 bridgehead atoms. The van der Waals surface area contributed by atoms with Gasteiger partial charge >= 0.3 is 0 Å². The monoisotopic (exact) mass is 339 g/mol. The highest BCUT2D eigenvalue weighted by molar-refractivity contribution is 5.78. The fraction of sp³-hybridized carbons (Fsp3) is 0.400. The molecule has 1 fully saturated rings. The Kier molecular flexibility index (Phi) is 6.01. The highest BCUT2D eigenvalue weighted by atomic mass is 16.5. The second-order valence-electron chi connectivity index (χ2n) is 6.39. The largest absolute Gasteiger partial charge is 0.478 e. The molecule has 1 aliphatic heterocycles. The van der Waals surface area contributed by atoms with Crippen LogP contribution in [0.4, 0.5) is 0 Å². The average Bonchev–Trinajstić information content (AvgIpc) is 3.04. The summed E-state index contributed by atoms with van der Waals surface area (Å²) < 4.78 is 5.37. The van der Waals surface area contributed by atoms with Crippen LogP contribution in [-0.2, 0) is 17.8 Å². The SMILES string of the molecule is CCOc1ccc(CN2CC[C@@H](NC(=O)Cc3ccccc3)C2)cn1. The van der Waals surface area contributed by atoms with E-state index < -0.39 is 0 Å². The summed E-state index contributed by atoms with van der Waals surface area (Å²) in [7, 11) is 0. The second-order valence-corrected chi connectivity index (χ2v) is 6.39. The Morgan fingerprint density at radius 3 is 2.80 bits per heavy atom. The van der Waals surface area contributed by atoms with Gasteiger partial charge in [-0.2, -0.15) is 0 Å². The highest BCUT2D eigenvalue weighted by Gasteiger charge is 2.23. The number of rotatable bonds is 7. The summed E-state index contributed by atoms with van der Waals surface area (Å²) in [6.45, 7) is 5.30. The second kappa shape index (κ2) is 8.62. The van der Waals surface area contributed by atoms with Gasteiger partial charge in [0.1, 0.15) is 0 Å². The summed E-state index contributed by atoms with van der Waals surface area (Å²) in [5.41, 5.74) is 2.22. The van der Waals surface area contributed by atoms with Crippen LogP contribution >= 0.6 is 0 Å². The molecule has 132 valence electrons. The normalized spacial score (nSPS) is 17.4. The van der Waals surface area contributed by atoms with E-state index in [1.54, 1.807) is 0 Å². The van der Waals surface area contributed by atoms with E-state index in [1.807, 2.05) is 49.5 Å². The van der Waals surface area contributed by atoms with Crippen LogP contribution in [0.1, 0.15) is 24.5 Å². The maximum absolute atomic E-state index is 12.2. The van der Waals surface area contributed by atoms with Crippen molar-refractivity contribution in [2.45, 2.75) is 32.4 Å². The molecule has 1 aromatic heterocycles. The van der Waals surface area contributed by atoms with Crippen molar-refractivity contribution in [2.75, 3.05) is 19.7 Å². The Bertz CT molecular complexity index is 673. The first-order valence-corrected chi connectivity index (χ1v) is 8.86.